The fourth-order valence-corrected chi connectivity index (χ4v) is 3.21. The maximum absolute atomic E-state index is 10.9. The van der Waals surface area contributed by atoms with Gasteiger partial charge >= 0.3 is 0 Å². The smallest absolute Gasteiger partial charge is 0.0899 e. The molecule has 1 aromatic rings. The summed E-state index contributed by atoms with van der Waals surface area (Å²) in [7, 11) is 0. The average molecular weight is 287 g/mol. The van der Waals surface area contributed by atoms with Crippen LogP contribution in [-0.2, 0) is 5.60 Å². The molecule has 2 unspecified atom stereocenters. The number of rotatable bonds is 2. The van der Waals surface area contributed by atoms with Gasteiger partial charge in [0.1, 0.15) is 0 Å². The van der Waals surface area contributed by atoms with Gasteiger partial charge in [-0.05, 0) is 55.2 Å². The molecule has 3 heteroatoms. The number of hydrogen-bond acceptors (Lipinski definition) is 1. The molecule has 1 aromatic carbocycles. The summed E-state index contributed by atoms with van der Waals surface area (Å²) in [6, 6.07) is 5.49. The molecule has 1 N–H and O–H groups in total. The van der Waals surface area contributed by atoms with E-state index < -0.39 is 5.60 Å². The summed E-state index contributed by atoms with van der Waals surface area (Å²) >= 11 is 12.0. The molecule has 0 aliphatic heterocycles. The standard InChI is InChI=1S/C15H20Cl2O/c1-10(2)11-4-3-7-15(18,9-11)12-5-6-13(16)14(17)8-12/h5-6,8,10-11,18H,3-4,7,9H2,1-2H3. The molecular formula is C15H20Cl2O. The van der Waals surface area contributed by atoms with Crippen molar-refractivity contribution in [3.63, 3.8) is 0 Å². The second-order valence-corrected chi connectivity index (χ2v) is 6.58. The SMILES string of the molecule is CC(C)C1CCCC(O)(c2ccc(Cl)c(Cl)c2)C1. The molecule has 0 bridgehead atoms. The Balaban J connectivity index is 2.26. The van der Waals surface area contributed by atoms with E-state index in [-0.39, 0.29) is 0 Å². The first kappa shape index (κ1) is 14.2. The molecular weight excluding hydrogens is 267 g/mol. The van der Waals surface area contributed by atoms with Crippen LogP contribution in [0.25, 0.3) is 0 Å². The molecule has 0 spiro atoms. The van der Waals surface area contributed by atoms with E-state index in [2.05, 4.69) is 13.8 Å². The average Bonchev–Trinajstić information content (AvgIpc) is 2.32. The monoisotopic (exact) mass is 286 g/mol. The zero-order chi connectivity index (χ0) is 13.3. The van der Waals surface area contributed by atoms with E-state index in [9.17, 15) is 5.11 Å². The van der Waals surface area contributed by atoms with Crippen LogP contribution in [-0.4, -0.2) is 5.11 Å². The molecule has 0 amide bonds. The fourth-order valence-electron chi connectivity index (χ4n) is 2.91. The van der Waals surface area contributed by atoms with E-state index in [1.54, 1.807) is 6.07 Å². The van der Waals surface area contributed by atoms with Gasteiger partial charge in [0.05, 0.1) is 15.6 Å². The number of hydrogen-bond donors (Lipinski definition) is 1. The predicted octanol–water partition coefficient (Wildman–Crippen LogP) is 5.03. The lowest BCUT2D eigenvalue weighted by molar-refractivity contribution is -0.0295. The Morgan fingerprint density at radius 1 is 1.28 bits per heavy atom. The third kappa shape index (κ3) is 2.84. The number of aliphatic hydroxyl groups is 1. The molecule has 0 radical (unpaired) electrons. The van der Waals surface area contributed by atoms with Gasteiger partial charge in [0, 0.05) is 0 Å². The topological polar surface area (TPSA) is 20.2 Å². The van der Waals surface area contributed by atoms with Gasteiger partial charge in [-0.25, -0.2) is 0 Å². The summed E-state index contributed by atoms with van der Waals surface area (Å²) < 4.78 is 0. The third-order valence-electron chi connectivity index (χ3n) is 4.16. The van der Waals surface area contributed by atoms with Gasteiger partial charge in [0.25, 0.3) is 0 Å². The highest BCUT2D eigenvalue weighted by molar-refractivity contribution is 6.42. The van der Waals surface area contributed by atoms with Crippen LogP contribution in [0.4, 0.5) is 0 Å². The summed E-state index contributed by atoms with van der Waals surface area (Å²) in [5.74, 6) is 1.19. The molecule has 1 fully saturated rings. The summed E-state index contributed by atoms with van der Waals surface area (Å²) in [6.07, 6.45) is 3.91. The van der Waals surface area contributed by atoms with Gasteiger partial charge in [-0.15, -0.1) is 0 Å². The van der Waals surface area contributed by atoms with Crippen molar-refractivity contribution in [2.24, 2.45) is 11.8 Å². The van der Waals surface area contributed by atoms with Gasteiger partial charge in [-0.2, -0.15) is 0 Å². The Hall–Kier alpha value is -0.240. The highest BCUT2D eigenvalue weighted by atomic mass is 35.5. The van der Waals surface area contributed by atoms with Crippen molar-refractivity contribution < 1.29 is 5.11 Å². The lowest BCUT2D eigenvalue weighted by Gasteiger charge is -2.39. The van der Waals surface area contributed by atoms with Crippen LogP contribution in [0.3, 0.4) is 0 Å². The minimum absolute atomic E-state index is 0.522. The molecule has 1 saturated carbocycles. The first-order valence-corrected chi connectivity index (χ1v) is 7.36. The van der Waals surface area contributed by atoms with Crippen LogP contribution < -0.4 is 0 Å². The predicted molar refractivity (Wildman–Crippen MR) is 77.2 cm³/mol. The van der Waals surface area contributed by atoms with Gasteiger partial charge in [0.2, 0.25) is 0 Å². The van der Waals surface area contributed by atoms with E-state index in [4.69, 9.17) is 23.2 Å². The lowest BCUT2D eigenvalue weighted by atomic mass is 9.71. The summed E-state index contributed by atoms with van der Waals surface area (Å²) in [4.78, 5) is 0. The lowest BCUT2D eigenvalue weighted by Crippen LogP contribution is -2.34. The minimum Gasteiger partial charge on any atom is -0.385 e. The minimum atomic E-state index is -0.735. The van der Waals surface area contributed by atoms with Crippen LogP contribution in [0.2, 0.25) is 10.0 Å². The summed E-state index contributed by atoms with van der Waals surface area (Å²) in [6.45, 7) is 4.45. The van der Waals surface area contributed by atoms with Gasteiger partial charge < -0.3 is 5.11 Å². The molecule has 0 heterocycles. The van der Waals surface area contributed by atoms with Crippen molar-refractivity contribution in [1.29, 1.82) is 0 Å². The Bertz CT molecular complexity index is 431. The van der Waals surface area contributed by atoms with Crippen LogP contribution in [0, 0.1) is 11.8 Å². The second-order valence-electron chi connectivity index (χ2n) is 5.76. The van der Waals surface area contributed by atoms with Gasteiger partial charge in [-0.1, -0.05) is 43.1 Å². The molecule has 0 aromatic heterocycles. The summed E-state index contributed by atoms with van der Waals surface area (Å²) in [5.41, 5.74) is 0.170. The van der Waals surface area contributed by atoms with E-state index in [1.165, 1.54) is 6.42 Å². The Labute approximate surface area is 119 Å². The molecule has 18 heavy (non-hydrogen) atoms. The molecule has 2 rings (SSSR count). The second kappa shape index (κ2) is 5.40. The molecule has 1 nitrogen and oxygen atoms in total. The molecule has 1 aliphatic rings. The zero-order valence-corrected chi connectivity index (χ0v) is 12.4. The Kier molecular flexibility index (Phi) is 4.25. The maximum atomic E-state index is 10.9. The maximum Gasteiger partial charge on any atom is 0.0899 e. The Morgan fingerprint density at radius 3 is 2.61 bits per heavy atom. The molecule has 1 aliphatic carbocycles. The van der Waals surface area contributed by atoms with Crippen molar-refractivity contribution in [3.8, 4) is 0 Å². The summed E-state index contributed by atoms with van der Waals surface area (Å²) in [5, 5.41) is 11.9. The van der Waals surface area contributed by atoms with Crippen LogP contribution in [0.5, 0.6) is 0 Å². The molecule has 100 valence electrons. The number of halogens is 2. The fraction of sp³-hybridized carbons (Fsp3) is 0.600. The van der Waals surface area contributed by atoms with E-state index in [0.29, 0.717) is 21.9 Å². The molecule has 2 atom stereocenters. The van der Waals surface area contributed by atoms with Gasteiger partial charge in [-0.3, -0.25) is 0 Å². The molecule has 0 saturated heterocycles. The first-order valence-electron chi connectivity index (χ1n) is 6.60. The van der Waals surface area contributed by atoms with Crippen molar-refractivity contribution in [3.05, 3.63) is 33.8 Å². The Morgan fingerprint density at radius 2 is 2.00 bits per heavy atom. The zero-order valence-electron chi connectivity index (χ0n) is 10.9. The van der Waals surface area contributed by atoms with E-state index in [1.807, 2.05) is 12.1 Å². The van der Waals surface area contributed by atoms with Crippen LogP contribution in [0.15, 0.2) is 18.2 Å². The third-order valence-corrected chi connectivity index (χ3v) is 4.90. The van der Waals surface area contributed by atoms with Crippen molar-refractivity contribution in [2.75, 3.05) is 0 Å². The van der Waals surface area contributed by atoms with Crippen LogP contribution in [0.1, 0.15) is 45.1 Å². The van der Waals surface area contributed by atoms with Gasteiger partial charge in [0.15, 0.2) is 0 Å². The highest BCUT2D eigenvalue weighted by Crippen LogP contribution is 2.43. The van der Waals surface area contributed by atoms with E-state index >= 15 is 0 Å². The van der Waals surface area contributed by atoms with Crippen molar-refractivity contribution in [2.45, 2.75) is 45.1 Å². The van der Waals surface area contributed by atoms with Crippen molar-refractivity contribution in [1.82, 2.24) is 0 Å². The highest BCUT2D eigenvalue weighted by Gasteiger charge is 2.37. The largest absolute Gasteiger partial charge is 0.385 e. The first-order chi connectivity index (χ1) is 8.42. The normalized spacial score (nSPS) is 28.7. The van der Waals surface area contributed by atoms with E-state index in [0.717, 1.165) is 24.8 Å². The van der Waals surface area contributed by atoms with Crippen LogP contribution >= 0.6 is 23.2 Å². The quantitative estimate of drug-likeness (QED) is 0.809. The number of benzene rings is 1. The van der Waals surface area contributed by atoms with Crippen molar-refractivity contribution >= 4 is 23.2 Å².